The van der Waals surface area contributed by atoms with Crippen LogP contribution in [0.3, 0.4) is 0 Å². The topological polar surface area (TPSA) is 62.3 Å². The van der Waals surface area contributed by atoms with E-state index in [2.05, 4.69) is 26.1 Å². The first kappa shape index (κ1) is 9.08. The van der Waals surface area contributed by atoms with Crippen molar-refractivity contribution in [3.05, 3.63) is 44.0 Å². The molecule has 0 bridgehead atoms. The zero-order valence-corrected chi connectivity index (χ0v) is 8.54. The quantitative estimate of drug-likeness (QED) is 0.794. The summed E-state index contributed by atoms with van der Waals surface area (Å²) in [6.07, 6.45) is 1.31. The maximum absolute atomic E-state index is 11.6. The number of halogens is 1. The van der Waals surface area contributed by atoms with Gasteiger partial charge in [0.05, 0.1) is 0 Å². The normalized spacial score (nSPS) is 10.4. The lowest BCUT2D eigenvalue weighted by Crippen LogP contribution is -2.01. The summed E-state index contributed by atoms with van der Waals surface area (Å²) >= 11 is 3.25. The van der Waals surface area contributed by atoms with Crippen molar-refractivity contribution in [3.8, 4) is 0 Å². The molecule has 0 spiro atoms. The lowest BCUT2D eigenvalue weighted by molar-refractivity contribution is 1.34. The van der Waals surface area contributed by atoms with Gasteiger partial charge in [-0.25, -0.2) is 0 Å². The fourth-order valence-corrected chi connectivity index (χ4v) is 1.61. The van der Waals surface area contributed by atoms with Crippen LogP contribution in [0, 0.1) is 4.91 Å². The number of benzene rings is 1. The van der Waals surface area contributed by atoms with Crippen molar-refractivity contribution in [2.75, 3.05) is 0 Å². The maximum atomic E-state index is 11.6. The van der Waals surface area contributed by atoms with Crippen LogP contribution in [0.4, 0.5) is 5.69 Å². The van der Waals surface area contributed by atoms with E-state index in [0.29, 0.717) is 10.9 Å². The number of nitrogens with zero attached hydrogens (tertiary/aromatic N) is 1. The van der Waals surface area contributed by atoms with Crippen molar-refractivity contribution in [3.63, 3.8) is 0 Å². The Morgan fingerprint density at radius 2 is 2.14 bits per heavy atom. The van der Waals surface area contributed by atoms with Crippen molar-refractivity contribution >= 4 is 32.5 Å². The molecule has 2 rings (SSSR count). The van der Waals surface area contributed by atoms with Crippen LogP contribution >= 0.6 is 15.9 Å². The molecule has 1 aromatic carbocycles. The molecule has 14 heavy (non-hydrogen) atoms. The summed E-state index contributed by atoms with van der Waals surface area (Å²) in [6, 6.07) is 5.23. The van der Waals surface area contributed by atoms with E-state index in [1.54, 1.807) is 12.1 Å². The molecule has 0 aliphatic carbocycles. The number of nitrogens with one attached hydrogen (secondary N) is 1. The van der Waals surface area contributed by atoms with Crippen LogP contribution in [-0.2, 0) is 0 Å². The average Bonchev–Trinajstić information content (AvgIpc) is 2.20. The van der Waals surface area contributed by atoms with Crippen molar-refractivity contribution < 1.29 is 0 Å². The highest BCUT2D eigenvalue weighted by Crippen LogP contribution is 2.17. The molecule has 0 atom stereocenters. The second-order valence-electron chi connectivity index (χ2n) is 2.78. The Morgan fingerprint density at radius 3 is 2.86 bits per heavy atom. The standard InChI is InChI=1S/C9H5BrN2O2/c10-5-1-2-7-6(3-5)9(13)8(12-14)4-11-7/h1-4H,(H,11,13). The van der Waals surface area contributed by atoms with Gasteiger partial charge in [-0.3, -0.25) is 4.79 Å². The minimum Gasteiger partial charge on any atom is -0.359 e. The van der Waals surface area contributed by atoms with Gasteiger partial charge in [0.15, 0.2) is 5.69 Å². The predicted molar refractivity (Wildman–Crippen MR) is 57.7 cm³/mol. The molecule has 1 heterocycles. The van der Waals surface area contributed by atoms with Gasteiger partial charge in [-0.2, -0.15) is 0 Å². The molecular formula is C9H5BrN2O2. The van der Waals surface area contributed by atoms with E-state index in [1.807, 2.05) is 6.07 Å². The minimum atomic E-state index is -0.352. The molecular weight excluding hydrogens is 248 g/mol. The van der Waals surface area contributed by atoms with Gasteiger partial charge in [0.25, 0.3) is 0 Å². The van der Waals surface area contributed by atoms with E-state index < -0.39 is 0 Å². The van der Waals surface area contributed by atoms with E-state index in [-0.39, 0.29) is 11.1 Å². The highest BCUT2D eigenvalue weighted by atomic mass is 79.9. The molecule has 5 heteroatoms. The van der Waals surface area contributed by atoms with Crippen LogP contribution in [0.1, 0.15) is 0 Å². The number of aromatic amines is 1. The molecule has 0 fully saturated rings. The van der Waals surface area contributed by atoms with E-state index in [0.717, 1.165) is 4.47 Å². The van der Waals surface area contributed by atoms with Crippen molar-refractivity contribution in [1.82, 2.24) is 4.98 Å². The summed E-state index contributed by atoms with van der Waals surface area (Å²) < 4.78 is 0.790. The number of H-pyrrole nitrogens is 1. The Hall–Kier alpha value is -1.49. The number of aromatic nitrogens is 1. The maximum Gasteiger partial charge on any atom is 0.218 e. The number of rotatable bonds is 1. The minimum absolute atomic E-state index is 0.101. The lowest BCUT2D eigenvalue weighted by atomic mass is 10.2. The number of hydrogen-bond donors (Lipinski definition) is 1. The monoisotopic (exact) mass is 252 g/mol. The number of hydrogen-bond acceptors (Lipinski definition) is 3. The highest BCUT2D eigenvalue weighted by molar-refractivity contribution is 9.10. The Kier molecular flexibility index (Phi) is 2.17. The highest BCUT2D eigenvalue weighted by Gasteiger charge is 2.04. The summed E-state index contributed by atoms with van der Waals surface area (Å²) in [5.74, 6) is 0. The van der Waals surface area contributed by atoms with Gasteiger partial charge in [0.1, 0.15) is 0 Å². The van der Waals surface area contributed by atoms with E-state index in [9.17, 15) is 9.70 Å². The van der Waals surface area contributed by atoms with Gasteiger partial charge < -0.3 is 4.98 Å². The first-order valence-electron chi connectivity index (χ1n) is 3.86. The molecule has 0 amide bonds. The molecule has 4 nitrogen and oxygen atoms in total. The molecule has 0 aliphatic rings. The second-order valence-corrected chi connectivity index (χ2v) is 3.70. The summed E-state index contributed by atoms with van der Waals surface area (Å²) in [7, 11) is 0. The number of pyridine rings is 1. The average molecular weight is 253 g/mol. The van der Waals surface area contributed by atoms with Crippen LogP contribution in [0.5, 0.6) is 0 Å². The Bertz CT molecular complexity index is 562. The second kappa shape index (κ2) is 3.34. The number of nitroso groups, excluding NO2 is 1. The summed E-state index contributed by atoms with van der Waals surface area (Å²) in [5.41, 5.74) is 0.233. The zero-order valence-electron chi connectivity index (χ0n) is 6.95. The third-order valence-electron chi connectivity index (χ3n) is 1.92. The van der Waals surface area contributed by atoms with Crippen LogP contribution in [-0.4, -0.2) is 4.98 Å². The van der Waals surface area contributed by atoms with Crippen molar-refractivity contribution in [2.45, 2.75) is 0 Å². The third-order valence-corrected chi connectivity index (χ3v) is 2.41. The van der Waals surface area contributed by atoms with Crippen molar-refractivity contribution in [2.24, 2.45) is 5.18 Å². The molecule has 70 valence electrons. The third kappa shape index (κ3) is 1.35. The van der Waals surface area contributed by atoms with Gasteiger partial charge in [-0.1, -0.05) is 15.9 Å². The fraction of sp³-hybridized carbons (Fsp3) is 0. The van der Waals surface area contributed by atoms with Crippen LogP contribution in [0.25, 0.3) is 10.9 Å². The molecule has 0 saturated heterocycles. The summed E-state index contributed by atoms with van der Waals surface area (Å²) in [6.45, 7) is 0. The van der Waals surface area contributed by atoms with Gasteiger partial charge in [0.2, 0.25) is 5.43 Å². The molecule has 0 radical (unpaired) electrons. The van der Waals surface area contributed by atoms with Gasteiger partial charge in [0, 0.05) is 21.6 Å². The lowest BCUT2D eigenvalue weighted by Gasteiger charge is -1.97. The molecule has 0 unspecified atom stereocenters. The van der Waals surface area contributed by atoms with Crippen molar-refractivity contribution in [1.29, 1.82) is 0 Å². The fourth-order valence-electron chi connectivity index (χ4n) is 1.25. The Balaban J connectivity index is 2.93. The SMILES string of the molecule is O=Nc1c[nH]c2ccc(Br)cc2c1=O. The van der Waals surface area contributed by atoms with Crippen LogP contribution in [0.2, 0.25) is 0 Å². The van der Waals surface area contributed by atoms with E-state index >= 15 is 0 Å². The Labute approximate surface area is 87.1 Å². The molecule has 2 aromatic rings. The molecule has 1 N–H and O–H groups in total. The smallest absolute Gasteiger partial charge is 0.218 e. The number of fused-ring (bicyclic) bond motifs is 1. The van der Waals surface area contributed by atoms with Gasteiger partial charge in [-0.05, 0) is 23.4 Å². The zero-order chi connectivity index (χ0) is 10.1. The molecule has 1 aromatic heterocycles. The molecule has 0 saturated carbocycles. The summed E-state index contributed by atoms with van der Waals surface area (Å²) in [5, 5.41) is 3.10. The molecule has 0 aliphatic heterocycles. The first-order valence-corrected chi connectivity index (χ1v) is 4.66. The van der Waals surface area contributed by atoms with Crippen LogP contribution in [0.15, 0.2) is 38.8 Å². The summed E-state index contributed by atoms with van der Waals surface area (Å²) in [4.78, 5) is 24.7. The first-order chi connectivity index (χ1) is 6.72. The predicted octanol–water partition coefficient (Wildman–Crippen LogP) is 2.69. The van der Waals surface area contributed by atoms with E-state index in [4.69, 9.17) is 0 Å². The van der Waals surface area contributed by atoms with E-state index in [1.165, 1.54) is 6.20 Å². The van der Waals surface area contributed by atoms with Gasteiger partial charge >= 0.3 is 0 Å². The van der Waals surface area contributed by atoms with Gasteiger partial charge in [-0.15, -0.1) is 4.91 Å². The largest absolute Gasteiger partial charge is 0.359 e. The van der Waals surface area contributed by atoms with Crippen LogP contribution < -0.4 is 5.43 Å². The Morgan fingerprint density at radius 1 is 1.36 bits per heavy atom.